The number of pyridine rings is 1. The molecule has 1 atom stereocenters. The van der Waals surface area contributed by atoms with Crippen LogP contribution in [0.5, 0.6) is 0 Å². The minimum Gasteiger partial charge on any atom is -0.366 e. The maximum absolute atomic E-state index is 5.83. The van der Waals surface area contributed by atoms with Crippen molar-refractivity contribution in [1.82, 2.24) is 14.3 Å². The zero-order chi connectivity index (χ0) is 15.4. The molecule has 1 unspecified atom stereocenters. The summed E-state index contributed by atoms with van der Waals surface area (Å²) in [4.78, 5) is 10.0. The average molecular weight is 348 g/mol. The highest BCUT2D eigenvalue weighted by atomic mass is 35.5. The summed E-state index contributed by atoms with van der Waals surface area (Å²) < 4.78 is 2.21. The third-order valence-corrected chi connectivity index (χ3v) is 5.79. The van der Waals surface area contributed by atoms with Crippen LogP contribution in [0.3, 0.4) is 0 Å². The predicted molar refractivity (Wildman–Crippen MR) is 99.1 cm³/mol. The van der Waals surface area contributed by atoms with Crippen LogP contribution in [0.15, 0.2) is 18.5 Å². The Hall–Kier alpha value is -1.30. The zero-order valence-corrected chi connectivity index (χ0v) is 14.8. The number of anilines is 1. The second kappa shape index (κ2) is 6.21. The van der Waals surface area contributed by atoms with Crippen molar-refractivity contribution >= 4 is 23.7 Å². The Labute approximate surface area is 149 Å². The molecular weight excluding hydrogens is 322 g/mol. The van der Waals surface area contributed by atoms with E-state index >= 15 is 0 Å². The normalized spacial score (nSPS) is 24.2. The van der Waals surface area contributed by atoms with Crippen LogP contribution in [-0.2, 0) is 6.54 Å². The molecule has 1 saturated carbocycles. The second-order valence-electron chi connectivity index (χ2n) is 7.38. The second-order valence-corrected chi connectivity index (χ2v) is 7.38. The first-order valence-electron chi connectivity index (χ1n) is 9.02. The van der Waals surface area contributed by atoms with Gasteiger partial charge < -0.3 is 15.0 Å². The van der Waals surface area contributed by atoms with Crippen LogP contribution >= 0.6 is 12.4 Å². The number of halogens is 1. The monoisotopic (exact) mass is 347 g/mol. The Bertz CT molecular complexity index is 738. The molecule has 2 aromatic rings. The Morgan fingerprint density at radius 3 is 2.79 bits per heavy atom. The third kappa shape index (κ3) is 2.68. The van der Waals surface area contributed by atoms with E-state index in [1.165, 1.54) is 50.0 Å². The number of nitrogens with zero attached hydrogens (tertiary/aromatic N) is 4. The van der Waals surface area contributed by atoms with E-state index in [9.17, 15) is 0 Å². The molecule has 0 aromatic carbocycles. The Balaban J connectivity index is 0.00000146. The first-order valence-corrected chi connectivity index (χ1v) is 9.02. The lowest BCUT2D eigenvalue weighted by molar-refractivity contribution is 0.231. The van der Waals surface area contributed by atoms with Gasteiger partial charge in [-0.1, -0.05) is 0 Å². The summed E-state index contributed by atoms with van der Waals surface area (Å²) >= 11 is 0. The van der Waals surface area contributed by atoms with E-state index in [0.717, 1.165) is 36.4 Å². The molecule has 24 heavy (non-hydrogen) atoms. The molecule has 0 radical (unpaired) electrons. The van der Waals surface area contributed by atoms with Crippen LogP contribution in [0.25, 0.3) is 5.65 Å². The van der Waals surface area contributed by atoms with E-state index in [4.69, 9.17) is 10.7 Å². The van der Waals surface area contributed by atoms with Gasteiger partial charge in [0, 0.05) is 44.6 Å². The highest BCUT2D eigenvalue weighted by molar-refractivity contribution is 5.85. The first kappa shape index (κ1) is 16.2. The molecular formula is C18H26ClN5. The molecule has 5 rings (SSSR count). The molecule has 2 saturated heterocycles. The molecule has 6 heteroatoms. The summed E-state index contributed by atoms with van der Waals surface area (Å²) in [5, 5.41) is 0. The predicted octanol–water partition coefficient (Wildman–Crippen LogP) is 2.38. The van der Waals surface area contributed by atoms with Crippen molar-refractivity contribution in [2.24, 2.45) is 5.73 Å². The standard InChI is InChI=1S/C18H25N5.ClH/c19-9-15-11-23-10-14(13-3-4-13)8-17(18(23)20-15)22-7-6-21-5-1-2-16(21)12-22;/h8,10-11,13,16H,1-7,9,12,19H2;1H. The van der Waals surface area contributed by atoms with Crippen LogP contribution in [0.2, 0.25) is 0 Å². The van der Waals surface area contributed by atoms with E-state index < -0.39 is 0 Å². The summed E-state index contributed by atoms with van der Waals surface area (Å²) in [5.74, 6) is 0.759. The number of aromatic nitrogens is 2. The number of nitrogens with two attached hydrogens (primary N) is 1. The molecule has 2 aliphatic heterocycles. The van der Waals surface area contributed by atoms with Crippen LogP contribution in [0.4, 0.5) is 5.69 Å². The van der Waals surface area contributed by atoms with Crippen LogP contribution in [0.1, 0.15) is 42.9 Å². The molecule has 3 fully saturated rings. The highest BCUT2D eigenvalue weighted by Crippen LogP contribution is 2.42. The van der Waals surface area contributed by atoms with E-state index in [-0.39, 0.29) is 12.4 Å². The van der Waals surface area contributed by atoms with Crippen molar-refractivity contribution in [2.75, 3.05) is 31.1 Å². The van der Waals surface area contributed by atoms with Gasteiger partial charge in [0.1, 0.15) is 0 Å². The molecule has 4 heterocycles. The Morgan fingerprint density at radius 1 is 1.12 bits per heavy atom. The lowest BCUT2D eigenvalue weighted by Gasteiger charge is -2.39. The molecule has 2 aromatic heterocycles. The number of hydrogen-bond acceptors (Lipinski definition) is 4. The number of piperazine rings is 1. The molecule has 3 aliphatic rings. The minimum absolute atomic E-state index is 0. The van der Waals surface area contributed by atoms with Crippen LogP contribution in [0, 0.1) is 0 Å². The zero-order valence-electron chi connectivity index (χ0n) is 14.0. The van der Waals surface area contributed by atoms with Gasteiger partial charge in [0.25, 0.3) is 0 Å². The lowest BCUT2D eigenvalue weighted by atomic mass is 10.1. The number of fused-ring (bicyclic) bond motifs is 2. The Kier molecular flexibility index (Phi) is 4.19. The van der Waals surface area contributed by atoms with Gasteiger partial charge in [0.2, 0.25) is 0 Å². The van der Waals surface area contributed by atoms with E-state index in [1.54, 1.807) is 0 Å². The summed E-state index contributed by atoms with van der Waals surface area (Å²) in [5.41, 5.74) is 10.7. The minimum atomic E-state index is 0. The van der Waals surface area contributed by atoms with E-state index in [2.05, 4.69) is 32.7 Å². The highest BCUT2D eigenvalue weighted by Gasteiger charge is 2.32. The summed E-state index contributed by atoms with van der Waals surface area (Å²) in [6.45, 7) is 5.25. The maximum Gasteiger partial charge on any atom is 0.160 e. The molecule has 0 amide bonds. The largest absolute Gasteiger partial charge is 0.366 e. The fourth-order valence-electron chi connectivity index (χ4n) is 4.33. The number of hydrogen-bond donors (Lipinski definition) is 1. The molecule has 0 bridgehead atoms. The van der Waals surface area contributed by atoms with Gasteiger partial charge in [-0.2, -0.15) is 0 Å². The SMILES string of the molecule is Cl.NCc1cn2cc(C3CC3)cc(N3CCN4CCCC4C3)c2n1. The fourth-order valence-corrected chi connectivity index (χ4v) is 4.33. The molecule has 0 spiro atoms. The Morgan fingerprint density at radius 2 is 2.00 bits per heavy atom. The van der Waals surface area contributed by atoms with E-state index in [1.807, 2.05) is 0 Å². The summed E-state index contributed by atoms with van der Waals surface area (Å²) in [6, 6.07) is 3.14. The van der Waals surface area contributed by atoms with Crippen molar-refractivity contribution in [1.29, 1.82) is 0 Å². The molecule has 130 valence electrons. The molecule has 1 aliphatic carbocycles. The topological polar surface area (TPSA) is 49.8 Å². The van der Waals surface area contributed by atoms with Crippen molar-refractivity contribution in [3.63, 3.8) is 0 Å². The van der Waals surface area contributed by atoms with Gasteiger partial charge >= 0.3 is 0 Å². The maximum atomic E-state index is 5.83. The van der Waals surface area contributed by atoms with Crippen LogP contribution < -0.4 is 10.6 Å². The van der Waals surface area contributed by atoms with Gasteiger partial charge in [-0.3, -0.25) is 4.90 Å². The lowest BCUT2D eigenvalue weighted by Crippen LogP contribution is -2.50. The molecule has 5 nitrogen and oxygen atoms in total. The van der Waals surface area contributed by atoms with Crippen molar-refractivity contribution in [2.45, 2.75) is 44.2 Å². The van der Waals surface area contributed by atoms with Gasteiger partial charge in [-0.05, 0) is 49.8 Å². The third-order valence-electron chi connectivity index (χ3n) is 5.79. The van der Waals surface area contributed by atoms with Gasteiger partial charge in [-0.25, -0.2) is 4.98 Å². The number of rotatable bonds is 3. The molecule has 2 N–H and O–H groups in total. The summed E-state index contributed by atoms with van der Waals surface area (Å²) in [6.07, 6.45) is 9.75. The fraction of sp³-hybridized carbons (Fsp3) is 0.611. The number of imidazole rings is 1. The smallest absolute Gasteiger partial charge is 0.160 e. The van der Waals surface area contributed by atoms with E-state index in [0.29, 0.717) is 6.54 Å². The van der Waals surface area contributed by atoms with Gasteiger partial charge in [0.15, 0.2) is 5.65 Å². The quantitative estimate of drug-likeness (QED) is 0.926. The van der Waals surface area contributed by atoms with Gasteiger partial charge in [-0.15, -0.1) is 12.4 Å². The van der Waals surface area contributed by atoms with Crippen molar-refractivity contribution in [3.8, 4) is 0 Å². The summed E-state index contributed by atoms with van der Waals surface area (Å²) in [7, 11) is 0. The first-order chi connectivity index (χ1) is 11.3. The van der Waals surface area contributed by atoms with Gasteiger partial charge in [0.05, 0.1) is 11.4 Å². The van der Waals surface area contributed by atoms with Crippen LogP contribution in [-0.4, -0.2) is 46.5 Å². The van der Waals surface area contributed by atoms with Crippen molar-refractivity contribution < 1.29 is 0 Å². The van der Waals surface area contributed by atoms with Crippen molar-refractivity contribution in [3.05, 3.63) is 29.7 Å². The average Bonchev–Trinajstić information content (AvgIpc) is 3.18.